The molecule has 1 aromatic heterocycles. The summed E-state index contributed by atoms with van der Waals surface area (Å²) in [5.74, 6) is -0.110. The van der Waals surface area contributed by atoms with Gasteiger partial charge < -0.3 is 10.2 Å². The summed E-state index contributed by atoms with van der Waals surface area (Å²) in [4.78, 5) is 27.8. The van der Waals surface area contributed by atoms with E-state index < -0.39 is 9.84 Å². The predicted molar refractivity (Wildman–Crippen MR) is 109 cm³/mol. The Morgan fingerprint density at radius 3 is 2.32 bits per heavy atom. The van der Waals surface area contributed by atoms with Crippen molar-refractivity contribution in [2.75, 3.05) is 19.3 Å². The molecule has 0 radical (unpaired) electrons. The van der Waals surface area contributed by atoms with Gasteiger partial charge in [0.15, 0.2) is 9.84 Å². The number of carbonyl (C=O) groups is 2. The minimum absolute atomic E-state index is 0.0251. The van der Waals surface area contributed by atoms with Crippen molar-refractivity contribution in [2.24, 2.45) is 5.92 Å². The molecule has 2 heterocycles. The van der Waals surface area contributed by atoms with E-state index in [9.17, 15) is 18.0 Å². The Labute approximate surface area is 169 Å². The summed E-state index contributed by atoms with van der Waals surface area (Å²) in [5, 5.41) is 4.89. The zero-order valence-corrected chi connectivity index (χ0v) is 17.6. The average molecular weight is 421 g/mol. The molecule has 0 saturated carbocycles. The largest absolute Gasteiger partial charge is 0.349 e. The van der Waals surface area contributed by atoms with Gasteiger partial charge in [-0.3, -0.25) is 9.59 Å². The quantitative estimate of drug-likeness (QED) is 0.806. The summed E-state index contributed by atoms with van der Waals surface area (Å²) >= 11 is 1.43. The molecule has 1 saturated heterocycles. The Balaban J connectivity index is 1.53. The van der Waals surface area contributed by atoms with Crippen molar-refractivity contribution in [3.05, 3.63) is 52.2 Å². The van der Waals surface area contributed by atoms with Crippen LogP contribution >= 0.6 is 11.3 Å². The van der Waals surface area contributed by atoms with E-state index in [2.05, 4.69) is 5.32 Å². The summed E-state index contributed by atoms with van der Waals surface area (Å²) in [7, 11) is -3.23. The number of likely N-dealkylation sites (tertiary alicyclic amines) is 1. The second kappa shape index (κ2) is 8.45. The highest BCUT2D eigenvalue weighted by Gasteiger charge is 2.28. The van der Waals surface area contributed by atoms with Crippen LogP contribution in [0.15, 0.2) is 46.7 Å². The third kappa shape index (κ3) is 4.80. The number of nitrogens with zero attached hydrogens (tertiary/aromatic N) is 1. The van der Waals surface area contributed by atoms with Crippen LogP contribution in [0.3, 0.4) is 0 Å². The van der Waals surface area contributed by atoms with E-state index in [0.717, 1.165) is 10.4 Å². The lowest BCUT2D eigenvalue weighted by Crippen LogP contribution is -2.43. The summed E-state index contributed by atoms with van der Waals surface area (Å²) < 4.78 is 23.1. The molecule has 0 unspecified atom stereocenters. The Kier molecular flexibility index (Phi) is 6.20. The molecule has 6 nitrogen and oxygen atoms in total. The van der Waals surface area contributed by atoms with Gasteiger partial charge in [0.1, 0.15) is 0 Å². The minimum Gasteiger partial charge on any atom is -0.349 e. The maximum Gasteiger partial charge on any atom is 0.263 e. The fourth-order valence-electron chi connectivity index (χ4n) is 3.32. The van der Waals surface area contributed by atoms with E-state index in [1.165, 1.54) is 17.6 Å². The first-order valence-corrected chi connectivity index (χ1v) is 12.0. The molecule has 8 heteroatoms. The van der Waals surface area contributed by atoms with Crippen molar-refractivity contribution >= 4 is 33.0 Å². The van der Waals surface area contributed by atoms with Gasteiger partial charge in [-0.05, 0) is 48.9 Å². The van der Waals surface area contributed by atoms with Crippen molar-refractivity contribution in [3.63, 3.8) is 0 Å². The van der Waals surface area contributed by atoms with Gasteiger partial charge in [-0.25, -0.2) is 8.42 Å². The van der Waals surface area contributed by atoms with Gasteiger partial charge in [-0.2, -0.15) is 0 Å². The van der Waals surface area contributed by atoms with Crippen LogP contribution in [0.2, 0.25) is 0 Å². The summed E-state index contributed by atoms with van der Waals surface area (Å²) in [6.45, 7) is 3.03. The SMILES string of the molecule is C[C@@H](NC(=O)C1CCN(C(=O)c2cccs2)CC1)c1ccc(S(C)(=O)=O)cc1. The van der Waals surface area contributed by atoms with Gasteiger partial charge in [0.05, 0.1) is 15.8 Å². The number of benzene rings is 1. The zero-order chi connectivity index (χ0) is 20.3. The molecule has 0 bridgehead atoms. The van der Waals surface area contributed by atoms with Crippen LogP contribution in [0.25, 0.3) is 0 Å². The highest BCUT2D eigenvalue weighted by molar-refractivity contribution is 7.90. The fraction of sp³-hybridized carbons (Fsp3) is 0.400. The van der Waals surface area contributed by atoms with Crippen molar-refractivity contribution < 1.29 is 18.0 Å². The fourth-order valence-corrected chi connectivity index (χ4v) is 4.64. The van der Waals surface area contributed by atoms with Crippen molar-refractivity contribution in [1.29, 1.82) is 0 Å². The van der Waals surface area contributed by atoms with Gasteiger partial charge in [-0.15, -0.1) is 11.3 Å². The van der Waals surface area contributed by atoms with E-state index in [1.54, 1.807) is 24.3 Å². The Morgan fingerprint density at radius 1 is 1.14 bits per heavy atom. The van der Waals surface area contributed by atoms with Gasteiger partial charge in [-0.1, -0.05) is 18.2 Å². The number of hydrogen-bond donors (Lipinski definition) is 1. The van der Waals surface area contributed by atoms with Crippen LogP contribution < -0.4 is 5.32 Å². The second-order valence-corrected chi connectivity index (χ2v) is 10.1. The molecule has 1 aliphatic heterocycles. The molecule has 0 spiro atoms. The molecule has 28 heavy (non-hydrogen) atoms. The topological polar surface area (TPSA) is 83.6 Å². The second-order valence-electron chi connectivity index (χ2n) is 7.12. The maximum atomic E-state index is 12.6. The first kappa shape index (κ1) is 20.5. The van der Waals surface area contributed by atoms with Crippen LogP contribution in [0.1, 0.15) is 41.0 Å². The molecular formula is C20H24N2O4S2. The van der Waals surface area contributed by atoms with Crippen LogP contribution in [-0.4, -0.2) is 44.5 Å². The van der Waals surface area contributed by atoms with Crippen LogP contribution in [0.5, 0.6) is 0 Å². The first-order chi connectivity index (χ1) is 13.3. The number of nitrogens with one attached hydrogen (secondary N) is 1. The maximum absolute atomic E-state index is 12.6. The van der Waals surface area contributed by atoms with Gasteiger partial charge in [0.25, 0.3) is 5.91 Å². The Hall–Kier alpha value is -2.19. The molecule has 1 atom stereocenters. The number of piperidine rings is 1. The van der Waals surface area contributed by atoms with Crippen LogP contribution in [0, 0.1) is 5.92 Å². The number of hydrogen-bond acceptors (Lipinski definition) is 5. The molecule has 2 aromatic rings. The molecule has 1 fully saturated rings. The Bertz CT molecular complexity index is 929. The summed E-state index contributed by atoms with van der Waals surface area (Å²) in [6, 6.07) is 10.0. The van der Waals surface area contributed by atoms with Gasteiger partial charge in [0, 0.05) is 25.3 Å². The number of amides is 2. The third-order valence-electron chi connectivity index (χ3n) is 5.05. The summed E-state index contributed by atoms with van der Waals surface area (Å²) in [5.41, 5.74) is 0.853. The number of rotatable bonds is 5. The first-order valence-electron chi connectivity index (χ1n) is 9.19. The van der Waals surface area contributed by atoms with E-state index in [0.29, 0.717) is 25.9 Å². The van der Waals surface area contributed by atoms with Gasteiger partial charge >= 0.3 is 0 Å². The highest BCUT2D eigenvalue weighted by atomic mass is 32.2. The van der Waals surface area contributed by atoms with E-state index >= 15 is 0 Å². The minimum atomic E-state index is -3.23. The number of sulfone groups is 1. The molecule has 1 aliphatic rings. The monoisotopic (exact) mass is 420 g/mol. The zero-order valence-electron chi connectivity index (χ0n) is 15.9. The predicted octanol–water partition coefficient (Wildman–Crippen LogP) is 2.88. The average Bonchev–Trinajstić information content (AvgIpc) is 3.21. The molecule has 3 rings (SSSR count). The molecule has 1 N–H and O–H groups in total. The molecule has 150 valence electrons. The Morgan fingerprint density at radius 2 is 1.79 bits per heavy atom. The highest BCUT2D eigenvalue weighted by Crippen LogP contribution is 2.23. The lowest BCUT2D eigenvalue weighted by molar-refractivity contribution is -0.127. The van der Waals surface area contributed by atoms with Crippen molar-refractivity contribution in [3.8, 4) is 0 Å². The van der Waals surface area contributed by atoms with Crippen molar-refractivity contribution in [1.82, 2.24) is 10.2 Å². The smallest absolute Gasteiger partial charge is 0.263 e. The number of thiophene rings is 1. The normalized spacial score (nSPS) is 16.6. The van der Waals surface area contributed by atoms with E-state index in [4.69, 9.17) is 0 Å². The molecule has 1 aromatic carbocycles. The molecule has 0 aliphatic carbocycles. The van der Waals surface area contributed by atoms with Crippen LogP contribution in [0.4, 0.5) is 0 Å². The third-order valence-corrected chi connectivity index (χ3v) is 7.04. The van der Waals surface area contributed by atoms with E-state index in [-0.39, 0.29) is 28.7 Å². The lowest BCUT2D eigenvalue weighted by atomic mass is 9.95. The van der Waals surface area contributed by atoms with Crippen molar-refractivity contribution in [2.45, 2.75) is 30.7 Å². The standard InChI is InChI=1S/C20H24N2O4S2/c1-14(15-5-7-17(8-6-15)28(2,25)26)21-19(23)16-9-11-22(12-10-16)20(24)18-4-3-13-27-18/h3-8,13-14,16H,9-12H2,1-2H3,(H,21,23)/t14-/m1/s1. The number of carbonyl (C=O) groups excluding carboxylic acids is 2. The van der Waals surface area contributed by atoms with Gasteiger partial charge in [0.2, 0.25) is 5.91 Å². The molecular weight excluding hydrogens is 396 g/mol. The lowest BCUT2D eigenvalue weighted by Gasteiger charge is -2.31. The van der Waals surface area contributed by atoms with E-state index in [1.807, 2.05) is 29.3 Å². The summed E-state index contributed by atoms with van der Waals surface area (Å²) in [6.07, 6.45) is 2.45. The molecule has 2 amide bonds. The van der Waals surface area contributed by atoms with Crippen LogP contribution in [-0.2, 0) is 14.6 Å².